The molecule has 4 aromatic rings. The molecule has 0 radical (unpaired) electrons. The number of H-pyrrole nitrogens is 1. The van der Waals surface area contributed by atoms with Crippen LogP contribution in [0.2, 0.25) is 0 Å². The van der Waals surface area contributed by atoms with Gasteiger partial charge in [-0.05, 0) is 54.8 Å². The van der Waals surface area contributed by atoms with Gasteiger partial charge in [-0.15, -0.1) is 0 Å². The number of nitrogens with one attached hydrogen (secondary N) is 4. The minimum atomic E-state index is -1.17. The second-order valence-corrected chi connectivity index (χ2v) is 11.2. The molecule has 0 bridgehead atoms. The topological polar surface area (TPSA) is 167 Å². The van der Waals surface area contributed by atoms with Crippen molar-refractivity contribution in [2.24, 2.45) is 0 Å². The zero-order valence-corrected chi connectivity index (χ0v) is 26.0. The van der Waals surface area contributed by atoms with Crippen LogP contribution in [0.4, 0.5) is 5.69 Å². The maximum atomic E-state index is 13.5. The third kappa shape index (κ3) is 7.30. The summed E-state index contributed by atoms with van der Waals surface area (Å²) in [5.74, 6) is -3.24. The molecule has 3 amide bonds. The minimum Gasteiger partial charge on any atom is -0.480 e. The van der Waals surface area contributed by atoms with E-state index in [0.717, 1.165) is 11.1 Å². The molecule has 11 heteroatoms. The molecule has 11 nitrogen and oxygen atoms in total. The Hall–Kier alpha value is -5.97. The number of rotatable bonds is 11. The number of aryl methyl sites for hydroxylation is 1. The molecule has 0 spiro atoms. The predicted octanol–water partition coefficient (Wildman–Crippen LogP) is 4.06. The summed E-state index contributed by atoms with van der Waals surface area (Å²) >= 11 is 0. The molecule has 2 atom stereocenters. The van der Waals surface area contributed by atoms with Crippen LogP contribution >= 0.6 is 0 Å². The zero-order chi connectivity index (χ0) is 33.7. The van der Waals surface area contributed by atoms with E-state index >= 15 is 0 Å². The highest BCUT2D eigenvalue weighted by Crippen LogP contribution is 2.35. The molecule has 0 unspecified atom stereocenters. The molecule has 5 rings (SSSR count). The number of carbonyl (C=O) groups excluding carboxylic acids is 4. The van der Waals surface area contributed by atoms with Crippen LogP contribution in [0.25, 0.3) is 11.6 Å². The van der Waals surface area contributed by atoms with Crippen molar-refractivity contribution < 1.29 is 33.8 Å². The maximum Gasteiger partial charge on any atom is 0.328 e. The fraction of sp³-hybridized carbons (Fsp3) is 0.194. The number of hydrogen-bond acceptors (Lipinski definition) is 6. The number of esters is 1. The van der Waals surface area contributed by atoms with Crippen molar-refractivity contribution in [1.29, 1.82) is 0 Å². The molecule has 3 aromatic carbocycles. The summed E-state index contributed by atoms with van der Waals surface area (Å²) in [5, 5.41) is 17.9. The number of carbonyl (C=O) groups is 5. The first-order chi connectivity index (χ1) is 22.5. The van der Waals surface area contributed by atoms with E-state index in [1.807, 2.05) is 36.4 Å². The van der Waals surface area contributed by atoms with Gasteiger partial charge in [0.25, 0.3) is 17.7 Å². The lowest BCUT2D eigenvalue weighted by Gasteiger charge is -2.17. The van der Waals surface area contributed by atoms with Crippen molar-refractivity contribution >= 4 is 47.0 Å². The monoisotopic (exact) mass is 634 g/mol. The standard InChI is InChI=1S/C36H34N4O7/c1-20-28(37-21(2)31(20)34(43)40-30(36(46)47-3)17-23-12-8-5-9-13-23)19-26-25-18-24(14-15-27(25)38-33(26)42)32(41)39-29(35(44)45)16-22-10-6-4-7-11-22/h4-15,18-19,29-30,37H,16-17H2,1-3H3,(H,38,42)(H,39,41)(H,40,43)(H,44,45)/b26-19-/t29-,30-/m1/s1. The number of ether oxygens (including phenoxy) is 1. The van der Waals surface area contributed by atoms with Gasteiger partial charge in [-0.3, -0.25) is 14.4 Å². The number of methoxy groups -OCH3 is 1. The van der Waals surface area contributed by atoms with Crippen molar-refractivity contribution in [3.63, 3.8) is 0 Å². The fourth-order valence-corrected chi connectivity index (χ4v) is 5.58. The van der Waals surface area contributed by atoms with Gasteiger partial charge in [-0.1, -0.05) is 60.7 Å². The fourth-order valence-electron chi connectivity index (χ4n) is 5.58. The van der Waals surface area contributed by atoms with E-state index in [0.29, 0.717) is 33.8 Å². The molecule has 0 fully saturated rings. The van der Waals surface area contributed by atoms with Crippen LogP contribution in [0.1, 0.15) is 54.4 Å². The first-order valence-electron chi connectivity index (χ1n) is 14.9. The lowest BCUT2D eigenvalue weighted by molar-refractivity contribution is -0.143. The van der Waals surface area contributed by atoms with Crippen molar-refractivity contribution in [3.05, 3.63) is 124 Å². The number of carboxylic acid groups (broad SMARTS) is 1. The number of benzene rings is 3. The molecule has 1 aliphatic heterocycles. The quantitative estimate of drug-likeness (QED) is 0.123. The summed E-state index contributed by atoms with van der Waals surface area (Å²) < 4.78 is 4.93. The minimum absolute atomic E-state index is 0.103. The Morgan fingerprint density at radius 2 is 1.45 bits per heavy atom. The summed E-state index contributed by atoms with van der Waals surface area (Å²) in [6.07, 6.45) is 1.94. The van der Waals surface area contributed by atoms with Crippen LogP contribution in [0.3, 0.4) is 0 Å². The molecule has 0 saturated heterocycles. The third-order valence-electron chi connectivity index (χ3n) is 8.02. The highest BCUT2D eigenvalue weighted by atomic mass is 16.5. The van der Waals surface area contributed by atoms with Crippen LogP contribution in [-0.4, -0.2) is 58.9 Å². The average Bonchev–Trinajstić information content (AvgIpc) is 3.53. The van der Waals surface area contributed by atoms with Crippen molar-refractivity contribution in [2.45, 2.75) is 38.8 Å². The Labute approximate surface area is 271 Å². The maximum absolute atomic E-state index is 13.5. The first kappa shape index (κ1) is 32.4. The molecule has 1 aliphatic rings. The van der Waals surface area contributed by atoms with E-state index in [2.05, 4.69) is 20.9 Å². The van der Waals surface area contributed by atoms with Crippen LogP contribution < -0.4 is 16.0 Å². The molecular weight excluding hydrogens is 600 g/mol. The summed E-state index contributed by atoms with van der Waals surface area (Å²) in [6, 6.07) is 20.8. The van der Waals surface area contributed by atoms with Crippen LogP contribution in [0, 0.1) is 13.8 Å². The number of fused-ring (bicyclic) bond motifs is 1. The Kier molecular flexibility index (Phi) is 9.65. The summed E-state index contributed by atoms with van der Waals surface area (Å²) in [6.45, 7) is 3.44. The summed E-state index contributed by atoms with van der Waals surface area (Å²) in [4.78, 5) is 67.3. The third-order valence-corrected chi connectivity index (χ3v) is 8.02. The molecule has 1 aromatic heterocycles. The number of aliphatic carboxylic acids is 1. The van der Waals surface area contributed by atoms with Crippen molar-refractivity contribution in [1.82, 2.24) is 15.6 Å². The van der Waals surface area contributed by atoms with Gasteiger partial charge in [0.1, 0.15) is 12.1 Å². The van der Waals surface area contributed by atoms with Gasteiger partial charge in [0.05, 0.1) is 18.2 Å². The average molecular weight is 635 g/mol. The van der Waals surface area contributed by atoms with E-state index in [-0.39, 0.29) is 24.0 Å². The predicted molar refractivity (Wildman–Crippen MR) is 176 cm³/mol. The number of carboxylic acids is 1. The first-order valence-corrected chi connectivity index (χ1v) is 14.9. The summed E-state index contributed by atoms with van der Waals surface area (Å²) in [5.41, 5.74) is 4.87. The summed E-state index contributed by atoms with van der Waals surface area (Å²) in [7, 11) is 1.26. The van der Waals surface area contributed by atoms with E-state index < -0.39 is 41.7 Å². The zero-order valence-electron chi connectivity index (χ0n) is 26.0. The molecule has 5 N–H and O–H groups in total. The van der Waals surface area contributed by atoms with E-state index in [1.54, 1.807) is 50.3 Å². The molecule has 2 heterocycles. The van der Waals surface area contributed by atoms with E-state index in [4.69, 9.17) is 4.74 Å². The van der Waals surface area contributed by atoms with Gasteiger partial charge in [-0.25, -0.2) is 9.59 Å². The van der Waals surface area contributed by atoms with Gasteiger partial charge < -0.3 is 30.8 Å². The highest BCUT2D eigenvalue weighted by Gasteiger charge is 2.29. The second-order valence-electron chi connectivity index (χ2n) is 11.2. The van der Waals surface area contributed by atoms with Gasteiger partial charge in [-0.2, -0.15) is 0 Å². The Morgan fingerprint density at radius 3 is 2.04 bits per heavy atom. The molecular formula is C36H34N4O7. The van der Waals surface area contributed by atoms with Crippen molar-refractivity contribution in [3.8, 4) is 0 Å². The van der Waals surface area contributed by atoms with Gasteiger partial charge in [0.15, 0.2) is 0 Å². The second kappa shape index (κ2) is 14.0. The lowest BCUT2D eigenvalue weighted by Crippen LogP contribution is -2.43. The molecule has 47 heavy (non-hydrogen) atoms. The number of anilines is 1. The number of aromatic amines is 1. The number of amides is 3. The van der Waals surface area contributed by atoms with Crippen molar-refractivity contribution in [2.75, 3.05) is 12.4 Å². The smallest absolute Gasteiger partial charge is 0.328 e. The van der Waals surface area contributed by atoms with Crippen LogP contribution in [0.5, 0.6) is 0 Å². The Balaban J connectivity index is 1.38. The van der Waals surface area contributed by atoms with Gasteiger partial charge in [0.2, 0.25) is 0 Å². The molecule has 0 saturated carbocycles. The van der Waals surface area contributed by atoms with Gasteiger partial charge >= 0.3 is 11.9 Å². The highest BCUT2D eigenvalue weighted by molar-refractivity contribution is 6.35. The van der Waals surface area contributed by atoms with Gasteiger partial charge in [0, 0.05) is 41.0 Å². The van der Waals surface area contributed by atoms with Crippen LogP contribution in [0.15, 0.2) is 78.9 Å². The van der Waals surface area contributed by atoms with E-state index in [1.165, 1.54) is 19.2 Å². The Bertz CT molecular complexity index is 1880. The molecule has 240 valence electrons. The lowest BCUT2D eigenvalue weighted by atomic mass is 10.0. The Morgan fingerprint density at radius 1 is 0.851 bits per heavy atom. The normalized spacial score (nSPS) is 14.1. The number of hydrogen-bond donors (Lipinski definition) is 5. The van der Waals surface area contributed by atoms with Crippen LogP contribution in [-0.2, 0) is 32.0 Å². The van der Waals surface area contributed by atoms with E-state index in [9.17, 15) is 29.1 Å². The largest absolute Gasteiger partial charge is 0.480 e. The SMILES string of the molecule is COC(=O)[C@@H](Cc1ccccc1)NC(=O)c1c(C)[nH]c(/C=C2\C(=O)Nc3ccc(C(=O)N[C@H](Cc4ccccc4)C(=O)O)cc32)c1C. The molecule has 0 aliphatic carbocycles. The number of aromatic nitrogens is 1.